The van der Waals surface area contributed by atoms with E-state index in [2.05, 4.69) is 32.9 Å². The average Bonchev–Trinajstić information content (AvgIpc) is 2.64. The van der Waals surface area contributed by atoms with Crippen LogP contribution in [-0.2, 0) is 9.53 Å². The molecule has 0 aromatic heterocycles. The number of hydrogen-bond donors (Lipinski definition) is 0. The first-order valence-corrected chi connectivity index (χ1v) is 6.37. The van der Waals surface area contributed by atoms with Gasteiger partial charge >= 0.3 is 5.97 Å². The maximum Gasteiger partial charge on any atom is 0.310 e. The van der Waals surface area contributed by atoms with Crippen molar-refractivity contribution < 1.29 is 9.53 Å². The third kappa shape index (κ3) is 1.01. The second-order valence-electron chi connectivity index (χ2n) is 6.32. The van der Waals surface area contributed by atoms with Crippen molar-refractivity contribution in [3.8, 4) is 0 Å². The fourth-order valence-electron chi connectivity index (χ4n) is 4.19. The van der Waals surface area contributed by atoms with Crippen LogP contribution in [0.4, 0.5) is 0 Å². The Labute approximate surface area is 97.1 Å². The third-order valence-corrected chi connectivity index (χ3v) is 5.41. The number of carbonyl (C=O) groups is 1. The molecule has 1 saturated carbocycles. The Morgan fingerprint density at radius 1 is 1.38 bits per heavy atom. The SMILES string of the molecule is CC(C)C12C=CC(C)(CC1)C1C(=O)OCC12. The van der Waals surface area contributed by atoms with Crippen molar-refractivity contribution in [1.29, 1.82) is 0 Å². The molecule has 0 amide bonds. The number of fused-ring (bicyclic) bond motifs is 1. The Kier molecular flexibility index (Phi) is 1.88. The molecule has 1 heterocycles. The number of rotatable bonds is 1. The Morgan fingerprint density at radius 3 is 2.69 bits per heavy atom. The summed E-state index contributed by atoms with van der Waals surface area (Å²) in [7, 11) is 0. The zero-order valence-electron chi connectivity index (χ0n) is 10.3. The molecule has 0 aromatic rings. The topological polar surface area (TPSA) is 26.3 Å². The second kappa shape index (κ2) is 2.91. The van der Waals surface area contributed by atoms with E-state index in [9.17, 15) is 4.79 Å². The minimum Gasteiger partial charge on any atom is -0.465 e. The summed E-state index contributed by atoms with van der Waals surface area (Å²) in [5.74, 6) is 1.18. The quantitative estimate of drug-likeness (QED) is 0.501. The molecule has 0 N–H and O–H groups in total. The van der Waals surface area contributed by atoms with Gasteiger partial charge in [0, 0.05) is 5.92 Å². The van der Waals surface area contributed by atoms with Crippen LogP contribution in [0.1, 0.15) is 33.6 Å². The lowest BCUT2D eigenvalue weighted by Gasteiger charge is -2.55. The van der Waals surface area contributed by atoms with Crippen LogP contribution in [0.5, 0.6) is 0 Å². The standard InChI is InChI=1S/C14H20O2/c1-9(2)14-6-4-13(3,5-7-14)11-10(14)8-16-12(11)15/h4,6,9-11H,5,7-8H2,1-3H3. The third-order valence-electron chi connectivity index (χ3n) is 5.41. The van der Waals surface area contributed by atoms with E-state index in [1.165, 1.54) is 6.42 Å². The molecule has 4 aliphatic rings. The molecule has 4 atom stereocenters. The van der Waals surface area contributed by atoms with Gasteiger partial charge in [0.25, 0.3) is 0 Å². The maximum absolute atomic E-state index is 11.9. The van der Waals surface area contributed by atoms with Crippen LogP contribution in [-0.4, -0.2) is 12.6 Å². The monoisotopic (exact) mass is 220 g/mol. The van der Waals surface area contributed by atoms with Gasteiger partial charge in [0.05, 0.1) is 12.5 Å². The molecule has 16 heavy (non-hydrogen) atoms. The fraction of sp³-hybridized carbons (Fsp3) is 0.786. The molecule has 4 rings (SSSR count). The molecule has 2 nitrogen and oxygen atoms in total. The lowest BCUT2D eigenvalue weighted by atomic mass is 9.47. The van der Waals surface area contributed by atoms with E-state index in [-0.39, 0.29) is 22.7 Å². The highest BCUT2D eigenvalue weighted by molar-refractivity contribution is 5.77. The van der Waals surface area contributed by atoms with Gasteiger partial charge in [0.2, 0.25) is 0 Å². The van der Waals surface area contributed by atoms with Crippen molar-refractivity contribution in [2.45, 2.75) is 33.6 Å². The van der Waals surface area contributed by atoms with E-state index in [0.29, 0.717) is 18.4 Å². The van der Waals surface area contributed by atoms with Gasteiger partial charge in [0.15, 0.2) is 0 Å². The summed E-state index contributed by atoms with van der Waals surface area (Å²) in [4.78, 5) is 11.9. The van der Waals surface area contributed by atoms with Gasteiger partial charge in [-0.3, -0.25) is 4.79 Å². The number of allylic oxidation sites excluding steroid dienone is 2. The second-order valence-corrected chi connectivity index (χ2v) is 6.32. The molecular formula is C14H20O2. The molecule has 88 valence electrons. The summed E-state index contributed by atoms with van der Waals surface area (Å²) in [5, 5.41) is 0. The van der Waals surface area contributed by atoms with E-state index in [4.69, 9.17) is 4.74 Å². The van der Waals surface area contributed by atoms with Crippen molar-refractivity contribution in [1.82, 2.24) is 0 Å². The first-order chi connectivity index (χ1) is 7.50. The molecule has 1 aliphatic heterocycles. The smallest absolute Gasteiger partial charge is 0.310 e. The van der Waals surface area contributed by atoms with Gasteiger partial charge in [-0.15, -0.1) is 0 Å². The summed E-state index contributed by atoms with van der Waals surface area (Å²) in [6.07, 6.45) is 7.04. The molecule has 4 unspecified atom stereocenters. The van der Waals surface area contributed by atoms with E-state index in [1.54, 1.807) is 0 Å². The average molecular weight is 220 g/mol. The summed E-state index contributed by atoms with van der Waals surface area (Å²) in [6.45, 7) is 7.41. The number of cyclic esters (lactones) is 1. The summed E-state index contributed by atoms with van der Waals surface area (Å²) in [6, 6.07) is 0. The van der Waals surface area contributed by atoms with Crippen LogP contribution < -0.4 is 0 Å². The largest absolute Gasteiger partial charge is 0.465 e. The van der Waals surface area contributed by atoms with Crippen LogP contribution >= 0.6 is 0 Å². The summed E-state index contributed by atoms with van der Waals surface area (Å²) >= 11 is 0. The molecule has 0 radical (unpaired) electrons. The molecule has 2 heteroatoms. The van der Waals surface area contributed by atoms with Gasteiger partial charge in [-0.1, -0.05) is 32.9 Å². The lowest BCUT2D eigenvalue weighted by molar-refractivity contribution is -0.145. The molecule has 2 fully saturated rings. The predicted molar refractivity (Wildman–Crippen MR) is 61.7 cm³/mol. The molecule has 3 aliphatic carbocycles. The first-order valence-electron chi connectivity index (χ1n) is 6.37. The predicted octanol–water partition coefficient (Wildman–Crippen LogP) is 2.79. The minimum absolute atomic E-state index is 0.0431. The van der Waals surface area contributed by atoms with E-state index in [0.717, 1.165) is 6.42 Å². The number of hydrogen-bond acceptors (Lipinski definition) is 2. The van der Waals surface area contributed by atoms with Crippen molar-refractivity contribution in [3.63, 3.8) is 0 Å². The van der Waals surface area contributed by atoms with E-state index >= 15 is 0 Å². The van der Waals surface area contributed by atoms with Crippen molar-refractivity contribution in [2.75, 3.05) is 6.61 Å². The van der Waals surface area contributed by atoms with Crippen LogP contribution in [0.2, 0.25) is 0 Å². The normalized spacial score (nSPS) is 49.6. The van der Waals surface area contributed by atoms with Gasteiger partial charge < -0.3 is 4.74 Å². The molecule has 2 bridgehead atoms. The van der Waals surface area contributed by atoms with E-state index < -0.39 is 0 Å². The number of ether oxygens (including phenoxy) is 1. The Morgan fingerprint density at radius 2 is 2.12 bits per heavy atom. The van der Waals surface area contributed by atoms with Gasteiger partial charge in [0.1, 0.15) is 0 Å². The highest BCUT2D eigenvalue weighted by Gasteiger charge is 2.62. The maximum atomic E-state index is 11.9. The Hall–Kier alpha value is -0.790. The highest BCUT2D eigenvalue weighted by Crippen LogP contribution is 2.63. The lowest BCUT2D eigenvalue weighted by Crippen LogP contribution is -2.52. The van der Waals surface area contributed by atoms with Crippen molar-refractivity contribution in [2.24, 2.45) is 28.6 Å². The molecule has 0 aromatic carbocycles. The van der Waals surface area contributed by atoms with Crippen LogP contribution in [0.15, 0.2) is 12.2 Å². The summed E-state index contributed by atoms with van der Waals surface area (Å²) < 4.78 is 5.34. The molecule has 0 spiro atoms. The first kappa shape index (κ1) is 10.4. The zero-order chi connectivity index (χ0) is 11.6. The fourth-order valence-corrected chi connectivity index (χ4v) is 4.19. The van der Waals surface area contributed by atoms with Crippen molar-refractivity contribution in [3.05, 3.63) is 12.2 Å². The molecule has 1 saturated heterocycles. The van der Waals surface area contributed by atoms with Crippen LogP contribution in [0.3, 0.4) is 0 Å². The van der Waals surface area contributed by atoms with Crippen LogP contribution in [0, 0.1) is 28.6 Å². The van der Waals surface area contributed by atoms with Gasteiger partial charge in [-0.2, -0.15) is 0 Å². The zero-order valence-corrected chi connectivity index (χ0v) is 10.3. The van der Waals surface area contributed by atoms with E-state index in [1.807, 2.05) is 0 Å². The minimum atomic E-state index is 0.0431. The Balaban J connectivity index is 2.12. The summed E-state index contributed by atoms with van der Waals surface area (Å²) in [5.41, 5.74) is 0.281. The van der Waals surface area contributed by atoms with Gasteiger partial charge in [-0.05, 0) is 29.6 Å². The van der Waals surface area contributed by atoms with Crippen LogP contribution in [0.25, 0.3) is 0 Å². The van der Waals surface area contributed by atoms with Crippen molar-refractivity contribution >= 4 is 5.97 Å². The molecular weight excluding hydrogens is 200 g/mol. The Bertz CT molecular complexity index is 371. The number of carbonyl (C=O) groups excluding carboxylic acids is 1. The van der Waals surface area contributed by atoms with Gasteiger partial charge in [-0.25, -0.2) is 0 Å². The number of esters is 1. The highest BCUT2D eigenvalue weighted by atomic mass is 16.5.